The van der Waals surface area contributed by atoms with Crippen molar-refractivity contribution in [1.29, 1.82) is 0 Å². The number of rotatable bonds is 1. The molecule has 1 N–H and O–H groups in total. The minimum Gasteiger partial charge on any atom is -0.296 e. The molecule has 1 unspecified atom stereocenters. The molecular weight excluding hydrogens is 209 g/mol. The van der Waals surface area contributed by atoms with Crippen LogP contribution in [0.25, 0.3) is 0 Å². The third-order valence-electron chi connectivity index (χ3n) is 2.85. The molecular formula is C12H12FNO2. The van der Waals surface area contributed by atoms with Gasteiger partial charge < -0.3 is 0 Å². The third-order valence-corrected chi connectivity index (χ3v) is 2.85. The Morgan fingerprint density at radius 1 is 1.38 bits per heavy atom. The average Bonchev–Trinajstić information content (AvgIpc) is 2.19. The second-order valence-corrected chi connectivity index (χ2v) is 4.00. The highest BCUT2D eigenvalue weighted by atomic mass is 19.1. The molecule has 2 rings (SSSR count). The molecule has 3 nitrogen and oxygen atoms in total. The minimum atomic E-state index is -0.335. The molecule has 1 aliphatic rings. The van der Waals surface area contributed by atoms with Crippen LogP contribution in [0.3, 0.4) is 0 Å². The zero-order chi connectivity index (χ0) is 11.7. The van der Waals surface area contributed by atoms with Gasteiger partial charge in [-0.1, -0.05) is 6.07 Å². The van der Waals surface area contributed by atoms with E-state index < -0.39 is 0 Å². The molecule has 1 atom stereocenters. The van der Waals surface area contributed by atoms with Crippen LogP contribution in [0, 0.1) is 12.7 Å². The number of carbonyl (C=O) groups excluding carboxylic acids is 2. The number of amides is 2. The Labute approximate surface area is 92.7 Å². The Morgan fingerprint density at radius 2 is 2.12 bits per heavy atom. The first-order valence-electron chi connectivity index (χ1n) is 5.17. The van der Waals surface area contributed by atoms with E-state index in [1.54, 1.807) is 13.0 Å². The van der Waals surface area contributed by atoms with Crippen molar-refractivity contribution >= 4 is 11.8 Å². The fourth-order valence-electron chi connectivity index (χ4n) is 2.02. The number of imide groups is 1. The van der Waals surface area contributed by atoms with Gasteiger partial charge in [0.2, 0.25) is 11.8 Å². The molecule has 16 heavy (non-hydrogen) atoms. The van der Waals surface area contributed by atoms with Crippen LogP contribution in [-0.4, -0.2) is 11.8 Å². The molecule has 0 bridgehead atoms. The summed E-state index contributed by atoms with van der Waals surface area (Å²) in [5.74, 6) is -1.17. The van der Waals surface area contributed by atoms with Gasteiger partial charge in [-0.2, -0.15) is 0 Å². The summed E-state index contributed by atoms with van der Waals surface area (Å²) in [4.78, 5) is 22.6. The first kappa shape index (κ1) is 10.8. The van der Waals surface area contributed by atoms with E-state index in [-0.39, 0.29) is 23.5 Å². The molecule has 1 aromatic carbocycles. The predicted octanol–water partition coefficient (Wildman–Crippen LogP) is 1.65. The number of halogens is 1. The molecule has 1 fully saturated rings. The van der Waals surface area contributed by atoms with Crippen molar-refractivity contribution in [2.45, 2.75) is 25.7 Å². The first-order chi connectivity index (χ1) is 7.58. The molecule has 84 valence electrons. The lowest BCUT2D eigenvalue weighted by molar-refractivity contribution is -0.134. The van der Waals surface area contributed by atoms with E-state index in [0.29, 0.717) is 12.8 Å². The Hall–Kier alpha value is -1.71. The van der Waals surface area contributed by atoms with Gasteiger partial charge in [-0.25, -0.2) is 4.39 Å². The quantitative estimate of drug-likeness (QED) is 0.733. The average molecular weight is 221 g/mol. The number of hydrogen-bond donors (Lipinski definition) is 1. The molecule has 0 aromatic heterocycles. The van der Waals surface area contributed by atoms with Gasteiger partial charge >= 0.3 is 0 Å². The predicted molar refractivity (Wildman–Crippen MR) is 56.3 cm³/mol. The molecule has 4 heteroatoms. The number of hydrogen-bond acceptors (Lipinski definition) is 2. The van der Waals surface area contributed by atoms with E-state index in [1.807, 2.05) is 0 Å². The lowest BCUT2D eigenvalue weighted by Gasteiger charge is -2.22. The summed E-state index contributed by atoms with van der Waals surface area (Å²) in [5.41, 5.74) is 1.54. The lowest BCUT2D eigenvalue weighted by atomic mass is 9.88. The third kappa shape index (κ3) is 1.96. The van der Waals surface area contributed by atoms with Crippen molar-refractivity contribution in [3.05, 3.63) is 35.1 Å². The van der Waals surface area contributed by atoms with E-state index in [9.17, 15) is 14.0 Å². The van der Waals surface area contributed by atoms with Crippen LogP contribution >= 0.6 is 0 Å². The number of nitrogens with one attached hydrogen (secondary N) is 1. The molecule has 0 saturated carbocycles. The second-order valence-electron chi connectivity index (χ2n) is 4.00. The summed E-state index contributed by atoms with van der Waals surface area (Å²) in [6, 6.07) is 4.36. The molecule has 2 amide bonds. The van der Waals surface area contributed by atoms with Crippen LogP contribution in [0.1, 0.15) is 29.9 Å². The van der Waals surface area contributed by atoms with Crippen molar-refractivity contribution in [2.75, 3.05) is 0 Å². The molecule has 1 aliphatic heterocycles. The van der Waals surface area contributed by atoms with Gasteiger partial charge in [0.1, 0.15) is 5.82 Å². The van der Waals surface area contributed by atoms with Crippen molar-refractivity contribution in [2.24, 2.45) is 0 Å². The van der Waals surface area contributed by atoms with Crippen molar-refractivity contribution in [3.8, 4) is 0 Å². The van der Waals surface area contributed by atoms with Gasteiger partial charge in [-0.05, 0) is 36.6 Å². The first-order valence-corrected chi connectivity index (χ1v) is 5.17. The zero-order valence-electron chi connectivity index (χ0n) is 8.92. The van der Waals surface area contributed by atoms with Gasteiger partial charge in [0.25, 0.3) is 0 Å². The summed E-state index contributed by atoms with van der Waals surface area (Å²) in [6.07, 6.45) is 0.838. The van der Waals surface area contributed by atoms with E-state index in [0.717, 1.165) is 11.1 Å². The number of carbonyl (C=O) groups is 2. The van der Waals surface area contributed by atoms with Crippen LogP contribution in [-0.2, 0) is 9.59 Å². The van der Waals surface area contributed by atoms with Crippen LogP contribution in [0.4, 0.5) is 4.39 Å². The largest absolute Gasteiger partial charge is 0.296 e. The lowest BCUT2D eigenvalue weighted by Crippen LogP contribution is -2.39. The van der Waals surface area contributed by atoms with E-state index in [2.05, 4.69) is 5.32 Å². The number of piperidine rings is 1. The Kier molecular flexibility index (Phi) is 2.73. The van der Waals surface area contributed by atoms with Crippen LogP contribution in [0.2, 0.25) is 0 Å². The molecule has 1 saturated heterocycles. The zero-order valence-corrected chi connectivity index (χ0v) is 8.92. The smallest absolute Gasteiger partial charge is 0.234 e. The normalized spacial score (nSPS) is 20.8. The van der Waals surface area contributed by atoms with Crippen molar-refractivity contribution < 1.29 is 14.0 Å². The Morgan fingerprint density at radius 3 is 2.75 bits per heavy atom. The molecule has 0 spiro atoms. The monoisotopic (exact) mass is 221 g/mol. The number of aryl methyl sites for hydroxylation is 1. The number of benzene rings is 1. The van der Waals surface area contributed by atoms with Gasteiger partial charge in [0, 0.05) is 6.42 Å². The summed E-state index contributed by atoms with van der Waals surface area (Å²) in [7, 11) is 0. The SMILES string of the molecule is Cc1cc(F)ccc1C1CCC(=O)NC1=O. The molecule has 1 aromatic rings. The van der Waals surface area contributed by atoms with Crippen molar-refractivity contribution in [1.82, 2.24) is 5.32 Å². The summed E-state index contributed by atoms with van der Waals surface area (Å²) >= 11 is 0. The Balaban J connectivity index is 2.30. The van der Waals surface area contributed by atoms with Crippen molar-refractivity contribution in [3.63, 3.8) is 0 Å². The standard InChI is InChI=1S/C12H12FNO2/c1-7-6-8(13)2-3-9(7)10-4-5-11(15)14-12(10)16/h2-3,6,10H,4-5H2,1H3,(H,14,15,16). The van der Waals surface area contributed by atoms with Crippen LogP contribution in [0.5, 0.6) is 0 Å². The highest BCUT2D eigenvalue weighted by Crippen LogP contribution is 2.27. The highest BCUT2D eigenvalue weighted by molar-refractivity contribution is 6.01. The van der Waals surface area contributed by atoms with Gasteiger partial charge in [0.15, 0.2) is 0 Å². The molecule has 1 heterocycles. The Bertz CT molecular complexity index is 456. The second kappa shape index (κ2) is 4.04. The van der Waals surface area contributed by atoms with Gasteiger partial charge in [-0.15, -0.1) is 0 Å². The van der Waals surface area contributed by atoms with E-state index in [4.69, 9.17) is 0 Å². The highest BCUT2D eigenvalue weighted by Gasteiger charge is 2.28. The maximum atomic E-state index is 12.9. The topological polar surface area (TPSA) is 46.2 Å². The molecule has 0 radical (unpaired) electrons. The summed E-state index contributed by atoms with van der Waals surface area (Å²) in [6.45, 7) is 1.77. The fraction of sp³-hybridized carbons (Fsp3) is 0.333. The van der Waals surface area contributed by atoms with Gasteiger partial charge in [-0.3, -0.25) is 14.9 Å². The summed E-state index contributed by atoms with van der Waals surface area (Å²) < 4.78 is 12.9. The molecule has 0 aliphatic carbocycles. The maximum Gasteiger partial charge on any atom is 0.234 e. The van der Waals surface area contributed by atoms with Crippen LogP contribution in [0.15, 0.2) is 18.2 Å². The van der Waals surface area contributed by atoms with Gasteiger partial charge in [0.05, 0.1) is 5.92 Å². The van der Waals surface area contributed by atoms with Crippen LogP contribution < -0.4 is 5.32 Å². The minimum absolute atomic E-state index is 0.235. The van der Waals surface area contributed by atoms with E-state index in [1.165, 1.54) is 12.1 Å². The fourth-order valence-corrected chi connectivity index (χ4v) is 2.02. The van der Waals surface area contributed by atoms with E-state index >= 15 is 0 Å². The summed E-state index contributed by atoms with van der Waals surface area (Å²) in [5, 5.41) is 2.30. The maximum absolute atomic E-state index is 12.9.